The molecule has 7 heteroatoms. The Morgan fingerprint density at radius 3 is 2.40 bits per heavy atom. The number of carbonyl (C=O) groups excluding carboxylic acids is 1. The minimum Gasteiger partial charge on any atom is -0.444 e. The SMILES string of the molecule is N#CC1=C(N)OC2=C(C(=O)C[C@H](c3ccccc3)C2)[C@@H]1c1cccc(C(F)(F)F)c1. The fourth-order valence-corrected chi connectivity index (χ4v) is 4.10. The van der Waals surface area contributed by atoms with E-state index >= 15 is 0 Å². The normalized spacial score (nSPS) is 21.7. The first-order chi connectivity index (χ1) is 14.3. The summed E-state index contributed by atoms with van der Waals surface area (Å²) in [6.07, 6.45) is -3.99. The molecule has 0 unspecified atom stereocenters. The van der Waals surface area contributed by atoms with E-state index in [1.807, 2.05) is 36.4 Å². The number of Topliss-reactive ketones (excluding diaryl/α,β-unsaturated/α-hetero) is 1. The molecule has 0 spiro atoms. The Hall–Kier alpha value is -3.53. The third-order valence-electron chi connectivity index (χ3n) is 5.48. The smallest absolute Gasteiger partial charge is 0.416 e. The van der Waals surface area contributed by atoms with Crippen molar-refractivity contribution in [1.82, 2.24) is 0 Å². The number of hydrogen-bond donors (Lipinski definition) is 1. The number of ketones is 1. The van der Waals surface area contributed by atoms with Crippen LogP contribution in [0.25, 0.3) is 0 Å². The molecule has 2 aromatic carbocycles. The maximum Gasteiger partial charge on any atom is 0.416 e. The standard InChI is InChI=1S/C23H17F3N2O2/c24-23(25,26)16-8-4-7-14(9-16)20-17(12-27)22(28)30-19-11-15(10-18(29)21(19)20)13-5-2-1-3-6-13/h1-9,15,20H,10-11,28H2/t15-,20+/m0/s1. The average Bonchev–Trinajstić information content (AvgIpc) is 2.72. The Bertz CT molecular complexity index is 1110. The summed E-state index contributed by atoms with van der Waals surface area (Å²) in [7, 11) is 0. The molecular formula is C23H17F3N2O2. The summed E-state index contributed by atoms with van der Waals surface area (Å²) < 4.78 is 45.3. The Morgan fingerprint density at radius 1 is 1.03 bits per heavy atom. The van der Waals surface area contributed by atoms with Crippen LogP contribution in [-0.2, 0) is 15.7 Å². The van der Waals surface area contributed by atoms with Crippen LogP contribution in [0, 0.1) is 11.3 Å². The zero-order valence-electron chi connectivity index (χ0n) is 15.7. The number of hydrogen-bond acceptors (Lipinski definition) is 4. The van der Waals surface area contributed by atoms with Crippen LogP contribution in [0.4, 0.5) is 13.2 Å². The molecule has 2 aromatic rings. The number of nitrogens with zero attached hydrogens (tertiary/aromatic N) is 1. The quantitative estimate of drug-likeness (QED) is 0.763. The van der Waals surface area contributed by atoms with E-state index < -0.39 is 17.7 Å². The lowest BCUT2D eigenvalue weighted by Gasteiger charge is -2.34. The van der Waals surface area contributed by atoms with Gasteiger partial charge in [-0.2, -0.15) is 18.4 Å². The highest BCUT2D eigenvalue weighted by molar-refractivity contribution is 6.00. The van der Waals surface area contributed by atoms with Crippen molar-refractivity contribution in [3.8, 4) is 6.07 Å². The van der Waals surface area contributed by atoms with Crippen molar-refractivity contribution in [1.29, 1.82) is 5.26 Å². The van der Waals surface area contributed by atoms with Gasteiger partial charge in [0.25, 0.3) is 0 Å². The first-order valence-corrected chi connectivity index (χ1v) is 9.35. The Kier molecular flexibility index (Phi) is 4.86. The molecule has 1 heterocycles. The number of benzene rings is 2. The number of alkyl halides is 3. The molecule has 2 N–H and O–H groups in total. The van der Waals surface area contributed by atoms with Gasteiger partial charge in [-0.1, -0.05) is 48.5 Å². The minimum absolute atomic E-state index is 0.0559. The van der Waals surface area contributed by atoms with Gasteiger partial charge >= 0.3 is 6.18 Å². The molecule has 0 aromatic heterocycles. The number of ether oxygens (including phenoxy) is 1. The first kappa shape index (κ1) is 19.8. The van der Waals surface area contributed by atoms with Gasteiger partial charge in [-0.15, -0.1) is 0 Å². The van der Waals surface area contributed by atoms with Crippen molar-refractivity contribution in [2.24, 2.45) is 5.73 Å². The van der Waals surface area contributed by atoms with Gasteiger partial charge in [0.1, 0.15) is 17.4 Å². The fourth-order valence-electron chi connectivity index (χ4n) is 4.10. The van der Waals surface area contributed by atoms with Gasteiger partial charge in [-0.3, -0.25) is 4.79 Å². The highest BCUT2D eigenvalue weighted by atomic mass is 19.4. The van der Waals surface area contributed by atoms with Gasteiger partial charge in [0.2, 0.25) is 5.88 Å². The van der Waals surface area contributed by atoms with Gasteiger partial charge in [0.15, 0.2) is 5.78 Å². The predicted molar refractivity (Wildman–Crippen MR) is 103 cm³/mol. The Balaban J connectivity index is 1.81. The van der Waals surface area contributed by atoms with Crippen LogP contribution < -0.4 is 5.73 Å². The molecule has 152 valence electrons. The molecule has 1 aliphatic carbocycles. The highest BCUT2D eigenvalue weighted by Crippen LogP contribution is 2.47. The molecule has 0 saturated heterocycles. The van der Waals surface area contributed by atoms with E-state index in [1.165, 1.54) is 12.1 Å². The number of allylic oxidation sites excluding steroid dienone is 3. The molecule has 0 saturated carbocycles. The third-order valence-corrected chi connectivity index (χ3v) is 5.48. The average molecular weight is 410 g/mol. The van der Waals surface area contributed by atoms with Gasteiger partial charge in [0.05, 0.1) is 11.5 Å². The third kappa shape index (κ3) is 3.45. The number of nitrogens with two attached hydrogens (primary N) is 1. The maximum atomic E-state index is 13.2. The molecule has 4 rings (SSSR count). The van der Waals surface area contributed by atoms with Crippen LogP contribution in [0.15, 0.2) is 77.4 Å². The van der Waals surface area contributed by atoms with Crippen molar-refractivity contribution < 1.29 is 22.7 Å². The summed E-state index contributed by atoms with van der Waals surface area (Å²) in [4.78, 5) is 13.1. The Labute approximate surface area is 171 Å². The molecule has 1 aliphatic heterocycles. The lowest BCUT2D eigenvalue weighted by Crippen LogP contribution is -2.30. The van der Waals surface area contributed by atoms with Crippen LogP contribution in [-0.4, -0.2) is 5.78 Å². The largest absolute Gasteiger partial charge is 0.444 e. The predicted octanol–water partition coefficient (Wildman–Crippen LogP) is 4.91. The van der Waals surface area contributed by atoms with Crippen LogP contribution in [0.2, 0.25) is 0 Å². The van der Waals surface area contributed by atoms with E-state index in [9.17, 15) is 23.2 Å². The van der Waals surface area contributed by atoms with Crippen LogP contribution in [0.1, 0.15) is 41.4 Å². The summed E-state index contributed by atoms with van der Waals surface area (Å²) >= 11 is 0. The second-order valence-electron chi connectivity index (χ2n) is 7.32. The second-order valence-corrected chi connectivity index (χ2v) is 7.32. The van der Waals surface area contributed by atoms with E-state index in [0.29, 0.717) is 12.2 Å². The summed E-state index contributed by atoms with van der Waals surface area (Å²) in [5.74, 6) is -1.23. The van der Waals surface area contributed by atoms with E-state index in [-0.39, 0.29) is 40.7 Å². The van der Waals surface area contributed by atoms with E-state index in [1.54, 1.807) is 0 Å². The number of nitriles is 1. The monoisotopic (exact) mass is 410 g/mol. The molecule has 2 aliphatic rings. The van der Waals surface area contributed by atoms with Crippen molar-refractivity contribution in [3.63, 3.8) is 0 Å². The van der Waals surface area contributed by atoms with E-state index in [0.717, 1.165) is 17.7 Å². The van der Waals surface area contributed by atoms with Crippen LogP contribution in [0.3, 0.4) is 0 Å². The molecule has 30 heavy (non-hydrogen) atoms. The van der Waals surface area contributed by atoms with Gasteiger partial charge in [-0.05, 0) is 23.1 Å². The summed E-state index contributed by atoms with van der Waals surface area (Å²) in [6, 6.07) is 16.0. The topological polar surface area (TPSA) is 76.1 Å². The minimum atomic E-state index is -4.55. The van der Waals surface area contributed by atoms with Crippen molar-refractivity contribution in [2.45, 2.75) is 30.9 Å². The van der Waals surface area contributed by atoms with Gasteiger partial charge in [-0.25, -0.2) is 0 Å². The molecule has 2 atom stereocenters. The first-order valence-electron chi connectivity index (χ1n) is 9.35. The lowest BCUT2D eigenvalue weighted by molar-refractivity contribution is -0.137. The number of rotatable bonds is 2. The number of carbonyl (C=O) groups is 1. The summed E-state index contributed by atoms with van der Waals surface area (Å²) in [5.41, 5.74) is 6.40. The Morgan fingerprint density at radius 2 is 1.73 bits per heavy atom. The summed E-state index contributed by atoms with van der Waals surface area (Å²) in [5, 5.41) is 9.60. The highest BCUT2D eigenvalue weighted by Gasteiger charge is 2.41. The molecule has 0 bridgehead atoms. The molecule has 0 radical (unpaired) electrons. The van der Waals surface area contributed by atoms with Gasteiger partial charge in [0, 0.05) is 18.4 Å². The van der Waals surface area contributed by atoms with Crippen molar-refractivity contribution >= 4 is 5.78 Å². The van der Waals surface area contributed by atoms with Gasteiger partial charge < -0.3 is 10.5 Å². The van der Waals surface area contributed by atoms with E-state index in [2.05, 4.69) is 0 Å². The zero-order valence-corrected chi connectivity index (χ0v) is 15.7. The lowest BCUT2D eigenvalue weighted by atomic mass is 9.73. The van der Waals surface area contributed by atoms with Crippen LogP contribution in [0.5, 0.6) is 0 Å². The van der Waals surface area contributed by atoms with Crippen LogP contribution >= 0.6 is 0 Å². The maximum absolute atomic E-state index is 13.2. The molecule has 4 nitrogen and oxygen atoms in total. The second kappa shape index (κ2) is 7.38. The summed E-state index contributed by atoms with van der Waals surface area (Å²) in [6.45, 7) is 0. The molecule has 0 fully saturated rings. The zero-order chi connectivity index (χ0) is 21.5. The molecular weight excluding hydrogens is 393 g/mol. The van der Waals surface area contributed by atoms with E-state index in [4.69, 9.17) is 10.5 Å². The van der Waals surface area contributed by atoms with Crippen molar-refractivity contribution in [2.75, 3.05) is 0 Å². The fraction of sp³-hybridized carbons (Fsp3) is 0.217. The molecule has 0 amide bonds. The number of halogens is 3. The van der Waals surface area contributed by atoms with Crippen molar-refractivity contribution in [3.05, 3.63) is 94.1 Å².